The summed E-state index contributed by atoms with van der Waals surface area (Å²) in [4.78, 5) is 26.7. The number of rotatable bonds is 5. The van der Waals surface area contributed by atoms with Gasteiger partial charge in [0.15, 0.2) is 11.7 Å². The van der Waals surface area contributed by atoms with E-state index in [-0.39, 0.29) is 5.56 Å². The predicted octanol–water partition coefficient (Wildman–Crippen LogP) is 4.79. The van der Waals surface area contributed by atoms with Gasteiger partial charge in [-0.15, -0.1) is 9.78 Å². The largest absolute Gasteiger partial charge is 0.322 e. The Balaban J connectivity index is 1.51. The molecule has 1 aliphatic rings. The Labute approximate surface area is 202 Å². The molecule has 0 amide bonds. The van der Waals surface area contributed by atoms with Gasteiger partial charge in [0.2, 0.25) is 5.65 Å². The second-order valence-electron chi connectivity index (χ2n) is 9.21. The van der Waals surface area contributed by atoms with E-state index < -0.39 is 0 Å². The van der Waals surface area contributed by atoms with Crippen molar-refractivity contribution in [2.45, 2.75) is 45.6 Å². The Morgan fingerprint density at radius 1 is 1.06 bits per heavy atom. The van der Waals surface area contributed by atoms with Crippen LogP contribution in [0.3, 0.4) is 0 Å². The highest BCUT2D eigenvalue weighted by Gasteiger charge is 2.24. The van der Waals surface area contributed by atoms with Crippen LogP contribution < -0.4 is 10.5 Å². The summed E-state index contributed by atoms with van der Waals surface area (Å²) in [6.07, 6.45) is 11.5. The van der Waals surface area contributed by atoms with Crippen LogP contribution in [0.2, 0.25) is 0 Å². The first kappa shape index (κ1) is 21.4. The number of hydrogen-bond donors (Lipinski definition) is 0. The van der Waals surface area contributed by atoms with Crippen molar-refractivity contribution in [1.29, 1.82) is 0 Å². The van der Waals surface area contributed by atoms with Crippen molar-refractivity contribution in [3.8, 4) is 0 Å². The van der Waals surface area contributed by atoms with Crippen molar-refractivity contribution >= 4 is 39.4 Å². The van der Waals surface area contributed by atoms with Gasteiger partial charge in [0.25, 0.3) is 5.65 Å². The van der Waals surface area contributed by atoms with Crippen molar-refractivity contribution in [2.24, 2.45) is 5.10 Å². The first-order valence-corrected chi connectivity index (χ1v) is 12.2. The average molecular weight is 464 g/mol. The SMILES string of the molecule is Cc1ccc(C=Nn2c3nc4ccccc4nc3c3c(=O)n(CCC4=CCCCC4)c[nH+]c32)cc1. The van der Waals surface area contributed by atoms with E-state index >= 15 is 0 Å². The van der Waals surface area contributed by atoms with Crippen LogP contribution in [0, 0.1) is 6.92 Å². The van der Waals surface area contributed by atoms with Gasteiger partial charge >= 0.3 is 5.56 Å². The second-order valence-corrected chi connectivity index (χ2v) is 9.21. The van der Waals surface area contributed by atoms with E-state index in [1.54, 1.807) is 21.8 Å². The molecular formula is C28H27N6O+. The topological polar surface area (TPSA) is 79.2 Å². The van der Waals surface area contributed by atoms with E-state index in [9.17, 15) is 4.79 Å². The molecule has 7 heteroatoms. The number of aromatic nitrogens is 5. The maximum absolute atomic E-state index is 13.7. The fraction of sp³-hybridized carbons (Fsp3) is 0.250. The summed E-state index contributed by atoms with van der Waals surface area (Å²) in [5, 5.41) is 5.23. The van der Waals surface area contributed by atoms with Crippen LogP contribution in [0.15, 0.2) is 76.4 Å². The molecular weight excluding hydrogens is 436 g/mol. The average Bonchev–Trinajstić information content (AvgIpc) is 3.20. The quantitative estimate of drug-likeness (QED) is 0.278. The zero-order chi connectivity index (χ0) is 23.8. The minimum atomic E-state index is -0.0750. The third kappa shape index (κ3) is 4.03. The number of aryl methyl sites for hydroxylation is 2. The van der Waals surface area contributed by atoms with Gasteiger partial charge < -0.3 is 0 Å². The predicted molar refractivity (Wildman–Crippen MR) is 139 cm³/mol. The molecule has 2 aromatic carbocycles. The van der Waals surface area contributed by atoms with Crippen LogP contribution >= 0.6 is 0 Å². The third-order valence-corrected chi connectivity index (χ3v) is 6.73. The lowest BCUT2D eigenvalue weighted by atomic mass is 9.97. The summed E-state index contributed by atoms with van der Waals surface area (Å²) in [5.41, 5.74) is 6.76. The Morgan fingerprint density at radius 2 is 1.86 bits per heavy atom. The molecule has 0 unspecified atom stereocenters. The van der Waals surface area contributed by atoms with E-state index in [4.69, 9.17) is 15.1 Å². The van der Waals surface area contributed by atoms with Gasteiger partial charge in [-0.1, -0.05) is 53.6 Å². The van der Waals surface area contributed by atoms with Crippen molar-refractivity contribution < 1.29 is 4.98 Å². The zero-order valence-corrected chi connectivity index (χ0v) is 19.7. The number of fused-ring (bicyclic) bond motifs is 4. The molecule has 7 nitrogen and oxygen atoms in total. The summed E-state index contributed by atoms with van der Waals surface area (Å²) in [6, 6.07) is 15.8. The zero-order valence-electron chi connectivity index (χ0n) is 19.7. The van der Waals surface area contributed by atoms with Gasteiger partial charge in [-0.2, -0.15) is 0 Å². The summed E-state index contributed by atoms with van der Waals surface area (Å²) < 4.78 is 3.45. The molecule has 174 valence electrons. The van der Waals surface area contributed by atoms with E-state index in [0.717, 1.165) is 35.9 Å². The van der Waals surface area contributed by atoms with Crippen LogP contribution in [-0.2, 0) is 6.54 Å². The summed E-state index contributed by atoms with van der Waals surface area (Å²) in [6.45, 7) is 2.69. The molecule has 1 N–H and O–H groups in total. The van der Waals surface area contributed by atoms with E-state index in [2.05, 4.69) is 18.0 Å². The van der Waals surface area contributed by atoms with Gasteiger partial charge in [-0.25, -0.2) is 24.3 Å². The number of nitrogens with one attached hydrogen (secondary N) is 1. The number of aromatic amines is 1. The fourth-order valence-corrected chi connectivity index (χ4v) is 4.76. The Bertz CT molecular complexity index is 1670. The molecule has 0 saturated heterocycles. The summed E-state index contributed by atoms with van der Waals surface area (Å²) in [7, 11) is 0. The van der Waals surface area contributed by atoms with E-state index in [0.29, 0.717) is 28.7 Å². The number of benzene rings is 2. The molecule has 5 aromatic rings. The Morgan fingerprint density at radius 3 is 2.63 bits per heavy atom. The van der Waals surface area contributed by atoms with Crippen molar-refractivity contribution in [2.75, 3.05) is 0 Å². The fourth-order valence-electron chi connectivity index (χ4n) is 4.76. The molecule has 35 heavy (non-hydrogen) atoms. The van der Waals surface area contributed by atoms with Gasteiger partial charge in [-0.3, -0.25) is 0 Å². The van der Waals surface area contributed by atoms with Crippen LogP contribution in [-0.4, -0.2) is 25.4 Å². The highest BCUT2D eigenvalue weighted by atomic mass is 16.1. The van der Waals surface area contributed by atoms with Crippen LogP contribution in [0.25, 0.3) is 33.2 Å². The van der Waals surface area contributed by atoms with Crippen molar-refractivity contribution in [3.63, 3.8) is 0 Å². The lowest BCUT2D eigenvalue weighted by Gasteiger charge is -2.11. The summed E-state index contributed by atoms with van der Waals surface area (Å²) >= 11 is 0. The van der Waals surface area contributed by atoms with Gasteiger partial charge in [-0.05, 0) is 56.7 Å². The van der Waals surface area contributed by atoms with Gasteiger partial charge in [0.05, 0.1) is 23.8 Å². The normalized spacial score (nSPS) is 14.4. The molecule has 0 radical (unpaired) electrons. The molecule has 6 rings (SSSR count). The smallest absolute Gasteiger partial charge is 0.250 e. The molecule has 3 aromatic heterocycles. The maximum atomic E-state index is 13.7. The second kappa shape index (κ2) is 8.91. The molecule has 0 saturated carbocycles. The molecule has 0 atom stereocenters. The van der Waals surface area contributed by atoms with Crippen LogP contribution in [0.5, 0.6) is 0 Å². The lowest BCUT2D eigenvalue weighted by molar-refractivity contribution is -0.357. The lowest BCUT2D eigenvalue weighted by Crippen LogP contribution is -2.27. The van der Waals surface area contributed by atoms with Crippen molar-refractivity contribution in [3.05, 3.63) is 88.0 Å². The molecule has 0 fully saturated rings. The number of H-pyrrole nitrogens is 1. The minimum absolute atomic E-state index is 0.0750. The molecule has 0 spiro atoms. The van der Waals surface area contributed by atoms with E-state index in [1.165, 1.54) is 24.0 Å². The maximum Gasteiger partial charge on any atom is 0.322 e. The highest BCUT2D eigenvalue weighted by Crippen LogP contribution is 2.24. The van der Waals surface area contributed by atoms with E-state index in [1.807, 2.05) is 48.5 Å². The number of para-hydroxylation sites is 2. The monoisotopic (exact) mass is 463 g/mol. The first-order valence-electron chi connectivity index (χ1n) is 12.2. The number of hydrogen-bond acceptors (Lipinski definition) is 4. The third-order valence-electron chi connectivity index (χ3n) is 6.73. The number of nitrogens with zero attached hydrogens (tertiary/aromatic N) is 5. The van der Waals surface area contributed by atoms with Gasteiger partial charge in [0, 0.05) is 0 Å². The Kier molecular flexibility index (Phi) is 5.45. The summed E-state index contributed by atoms with van der Waals surface area (Å²) in [5.74, 6) is 0. The minimum Gasteiger partial charge on any atom is -0.250 e. The number of allylic oxidation sites excluding steroid dienone is 2. The van der Waals surface area contributed by atoms with Crippen molar-refractivity contribution in [1.82, 2.24) is 19.2 Å². The van der Waals surface area contributed by atoms with Crippen LogP contribution in [0.1, 0.15) is 43.2 Å². The van der Waals surface area contributed by atoms with Gasteiger partial charge in [0.1, 0.15) is 5.52 Å². The molecule has 0 bridgehead atoms. The highest BCUT2D eigenvalue weighted by molar-refractivity contribution is 6.03. The molecule has 1 aliphatic carbocycles. The standard InChI is InChI=1S/C28H26N6O/c1-19-11-13-21(14-12-19)17-30-34-26-24(25-27(34)32-23-10-6-5-9-22(23)31-25)28(35)33(18-29-26)16-15-20-7-3-2-4-8-20/h5-7,9-14,17-18H,2-4,8,15-16H2,1H3/p+1. The first-order chi connectivity index (χ1) is 17.2. The Hall–Kier alpha value is -4.13. The molecule has 3 heterocycles. The van der Waals surface area contributed by atoms with Crippen LogP contribution in [0.4, 0.5) is 0 Å². The molecule has 0 aliphatic heterocycles.